The van der Waals surface area contributed by atoms with Crippen LogP contribution in [-0.4, -0.2) is 50.9 Å². The Balaban J connectivity index is 1.40. The second-order valence-corrected chi connectivity index (χ2v) is 10.9. The molecular weight excluding hydrogens is 524 g/mol. The first kappa shape index (κ1) is 30.9. The molecule has 42 heavy (non-hydrogen) atoms. The first-order valence-electron chi connectivity index (χ1n) is 14.8. The van der Waals surface area contributed by atoms with Gasteiger partial charge in [0.25, 0.3) is 5.91 Å². The van der Waals surface area contributed by atoms with Crippen molar-refractivity contribution in [1.29, 1.82) is 0 Å². The van der Waals surface area contributed by atoms with Crippen LogP contribution in [0, 0.1) is 13.8 Å². The molecule has 0 bridgehead atoms. The summed E-state index contributed by atoms with van der Waals surface area (Å²) in [5, 5.41) is 3.04. The Morgan fingerprint density at radius 2 is 1.50 bits per heavy atom. The number of hydrogen-bond acceptors (Lipinski definition) is 6. The molecule has 0 fully saturated rings. The number of anilines is 1. The third-order valence-corrected chi connectivity index (χ3v) is 7.37. The zero-order valence-electron chi connectivity index (χ0n) is 25.6. The first-order valence-corrected chi connectivity index (χ1v) is 14.8. The number of H-pyrrole nitrogens is 1. The fourth-order valence-corrected chi connectivity index (χ4v) is 5.28. The second-order valence-electron chi connectivity index (χ2n) is 10.9. The van der Waals surface area contributed by atoms with E-state index in [1.54, 1.807) is 13.3 Å². The highest BCUT2D eigenvalue weighted by molar-refractivity contribution is 6.04. The van der Waals surface area contributed by atoms with Crippen LogP contribution in [-0.2, 0) is 26.2 Å². The topological polar surface area (TPSA) is 86.4 Å². The summed E-state index contributed by atoms with van der Waals surface area (Å²) in [5.74, 6) is 1.64. The van der Waals surface area contributed by atoms with E-state index < -0.39 is 0 Å². The van der Waals surface area contributed by atoms with E-state index in [0.717, 1.165) is 72.1 Å². The number of aromatic amines is 1. The highest BCUT2D eigenvalue weighted by Crippen LogP contribution is 2.25. The molecule has 0 saturated heterocycles. The third-order valence-electron chi connectivity index (χ3n) is 7.37. The molecule has 222 valence electrons. The molecule has 2 heterocycles. The Morgan fingerprint density at radius 1 is 0.857 bits per heavy atom. The molecule has 0 saturated carbocycles. The van der Waals surface area contributed by atoms with Gasteiger partial charge in [0.05, 0.1) is 19.3 Å². The van der Waals surface area contributed by atoms with Gasteiger partial charge in [0.1, 0.15) is 11.6 Å². The van der Waals surface area contributed by atoms with Gasteiger partial charge in [0.2, 0.25) is 0 Å². The van der Waals surface area contributed by atoms with Gasteiger partial charge in [-0.25, -0.2) is 4.98 Å². The summed E-state index contributed by atoms with van der Waals surface area (Å²) in [6.45, 7) is 13.6. The number of carbonyl (C=O) groups excluding carboxylic acids is 1. The van der Waals surface area contributed by atoms with Crippen molar-refractivity contribution in [3.05, 3.63) is 106 Å². The Labute approximate surface area is 250 Å². The van der Waals surface area contributed by atoms with Gasteiger partial charge >= 0.3 is 0 Å². The Hall–Kier alpha value is -4.01. The molecule has 0 aliphatic heterocycles. The molecule has 0 spiro atoms. The van der Waals surface area contributed by atoms with Crippen LogP contribution in [0.4, 0.5) is 5.69 Å². The van der Waals surface area contributed by atoms with Gasteiger partial charge in [-0.2, -0.15) is 0 Å². The molecule has 2 aromatic heterocycles. The summed E-state index contributed by atoms with van der Waals surface area (Å²) in [7, 11) is 1.70. The van der Waals surface area contributed by atoms with Crippen molar-refractivity contribution in [2.45, 2.75) is 66.7 Å². The Bertz CT molecular complexity index is 1400. The lowest BCUT2D eigenvalue weighted by Crippen LogP contribution is -2.24. The van der Waals surface area contributed by atoms with Gasteiger partial charge < -0.3 is 15.0 Å². The molecule has 1 amide bonds. The molecule has 2 N–H and O–H groups in total. The molecule has 8 nitrogen and oxygen atoms in total. The van der Waals surface area contributed by atoms with Crippen molar-refractivity contribution < 1.29 is 9.53 Å². The molecule has 2 aromatic carbocycles. The van der Waals surface area contributed by atoms with Gasteiger partial charge in [-0.1, -0.05) is 38.1 Å². The average Bonchev–Trinajstić information content (AvgIpc) is 3.49. The number of nitrogens with zero attached hydrogens (tertiary/aromatic N) is 4. The van der Waals surface area contributed by atoms with E-state index in [2.05, 4.69) is 51.1 Å². The minimum atomic E-state index is -0.119. The lowest BCUT2D eigenvalue weighted by Gasteiger charge is -2.23. The van der Waals surface area contributed by atoms with Gasteiger partial charge in [-0.3, -0.25) is 19.6 Å². The lowest BCUT2D eigenvalue weighted by molar-refractivity contribution is 0.102. The van der Waals surface area contributed by atoms with E-state index in [0.29, 0.717) is 25.2 Å². The summed E-state index contributed by atoms with van der Waals surface area (Å²) in [6.07, 6.45) is 7.75. The minimum absolute atomic E-state index is 0.119. The van der Waals surface area contributed by atoms with Crippen LogP contribution < -0.4 is 10.1 Å². The number of benzene rings is 2. The number of hydrogen-bond donors (Lipinski definition) is 2. The number of aryl methyl sites for hydroxylation is 1. The molecule has 0 aliphatic rings. The van der Waals surface area contributed by atoms with Crippen LogP contribution in [0.15, 0.2) is 67.1 Å². The highest BCUT2D eigenvalue weighted by Gasteiger charge is 2.16. The number of ether oxygens (including phenoxy) is 1. The predicted molar refractivity (Wildman–Crippen MR) is 168 cm³/mol. The van der Waals surface area contributed by atoms with Crippen LogP contribution in [0.3, 0.4) is 0 Å². The fraction of sp³-hybridized carbons (Fsp3) is 0.382. The Kier molecular flexibility index (Phi) is 11.3. The molecule has 4 rings (SSSR count). The van der Waals surface area contributed by atoms with Crippen molar-refractivity contribution in [3.8, 4) is 5.75 Å². The van der Waals surface area contributed by atoms with Gasteiger partial charge in [-0.15, -0.1) is 0 Å². The smallest absolute Gasteiger partial charge is 0.255 e. The number of rotatable bonds is 15. The van der Waals surface area contributed by atoms with Crippen LogP contribution in [0.2, 0.25) is 0 Å². The van der Waals surface area contributed by atoms with E-state index in [4.69, 9.17) is 9.72 Å². The first-order chi connectivity index (χ1) is 20.4. The van der Waals surface area contributed by atoms with Gasteiger partial charge in [0.15, 0.2) is 0 Å². The van der Waals surface area contributed by atoms with E-state index >= 15 is 0 Å². The predicted octanol–water partition coefficient (Wildman–Crippen LogP) is 6.51. The van der Waals surface area contributed by atoms with Crippen molar-refractivity contribution >= 4 is 11.6 Å². The zero-order chi connectivity index (χ0) is 29.9. The number of methoxy groups -OCH3 is 1. The number of imidazole rings is 1. The largest absolute Gasteiger partial charge is 0.496 e. The fourth-order valence-electron chi connectivity index (χ4n) is 5.28. The monoisotopic (exact) mass is 568 g/mol. The summed E-state index contributed by atoms with van der Waals surface area (Å²) in [6, 6.07) is 16.0. The minimum Gasteiger partial charge on any atom is -0.496 e. The number of pyridine rings is 1. The van der Waals surface area contributed by atoms with Crippen LogP contribution in [0.1, 0.15) is 70.8 Å². The molecular formula is C34H44N6O2. The molecule has 8 heteroatoms. The maximum Gasteiger partial charge on any atom is 0.255 e. The van der Waals surface area contributed by atoms with E-state index in [-0.39, 0.29) is 5.91 Å². The van der Waals surface area contributed by atoms with E-state index in [1.165, 1.54) is 5.56 Å². The summed E-state index contributed by atoms with van der Waals surface area (Å²) in [4.78, 5) is 30.1. The maximum absolute atomic E-state index is 13.0. The number of amides is 1. The lowest BCUT2D eigenvalue weighted by atomic mass is 10.1. The second kappa shape index (κ2) is 15.3. The quantitative estimate of drug-likeness (QED) is 0.170. The summed E-state index contributed by atoms with van der Waals surface area (Å²) in [5.41, 5.74) is 6.81. The van der Waals surface area contributed by atoms with Crippen molar-refractivity contribution in [2.75, 3.05) is 25.5 Å². The number of carbonyl (C=O) groups is 1. The maximum atomic E-state index is 13.0. The van der Waals surface area contributed by atoms with E-state index in [1.807, 2.05) is 62.6 Å². The van der Waals surface area contributed by atoms with E-state index in [9.17, 15) is 4.79 Å². The average molecular weight is 569 g/mol. The summed E-state index contributed by atoms with van der Waals surface area (Å²) >= 11 is 0. The Morgan fingerprint density at radius 3 is 2.10 bits per heavy atom. The molecule has 4 aromatic rings. The van der Waals surface area contributed by atoms with Crippen molar-refractivity contribution in [3.63, 3.8) is 0 Å². The molecule has 0 unspecified atom stereocenters. The number of aromatic nitrogens is 3. The highest BCUT2D eigenvalue weighted by atomic mass is 16.5. The van der Waals surface area contributed by atoms with Crippen LogP contribution in [0.5, 0.6) is 5.75 Å². The van der Waals surface area contributed by atoms with Gasteiger partial charge in [-0.05, 0) is 75.2 Å². The van der Waals surface area contributed by atoms with Gasteiger partial charge in [0, 0.05) is 60.6 Å². The standard InChI is InChI=1S/C34H44N6O2/c1-6-18-39(19-7-2)21-28-10-14-30(15-11-28)38-34(41)29-12-8-27(9-13-29)22-40(24-32-35-16-17-36-32)23-31-26(4)33(42-5)25(3)20-37-31/h8-17,20H,6-7,18-19,21-24H2,1-5H3,(H,35,36)(H,38,41). The molecule has 0 aliphatic carbocycles. The third kappa shape index (κ3) is 8.50. The van der Waals surface area contributed by atoms with Crippen molar-refractivity contribution in [2.24, 2.45) is 0 Å². The normalized spacial score (nSPS) is 11.3. The zero-order valence-corrected chi connectivity index (χ0v) is 25.6. The van der Waals surface area contributed by atoms with Crippen molar-refractivity contribution in [1.82, 2.24) is 24.8 Å². The number of nitrogens with one attached hydrogen (secondary N) is 2. The molecule has 0 atom stereocenters. The SMILES string of the molecule is CCCN(CCC)Cc1ccc(NC(=O)c2ccc(CN(Cc3ncc[nH]3)Cc3ncc(C)c(OC)c3C)cc2)cc1. The summed E-state index contributed by atoms with van der Waals surface area (Å²) < 4.78 is 5.62. The molecule has 0 radical (unpaired) electrons. The van der Waals surface area contributed by atoms with Crippen LogP contribution >= 0.6 is 0 Å². The van der Waals surface area contributed by atoms with Crippen LogP contribution in [0.25, 0.3) is 0 Å².